The highest BCUT2D eigenvalue weighted by Crippen LogP contribution is 2.29. The topological polar surface area (TPSA) is 89.9 Å². The molecule has 1 aromatic rings. The van der Waals surface area contributed by atoms with Gasteiger partial charge in [-0.3, -0.25) is 4.55 Å². The van der Waals surface area contributed by atoms with Crippen LogP contribution in [0, 0.1) is 7.14 Å². The van der Waals surface area contributed by atoms with E-state index in [-0.39, 0.29) is 11.3 Å². The van der Waals surface area contributed by atoms with Gasteiger partial charge in [-0.15, -0.1) is 0 Å². The summed E-state index contributed by atoms with van der Waals surface area (Å²) in [6.45, 7) is -1.80. The molecule has 0 aliphatic heterocycles. The number of hydrogen-bond donors (Lipinski definition) is 1. The number of benzene rings is 1. The third kappa shape index (κ3) is 4.59. The largest absolute Gasteiger partial charge is 0.495 e. The van der Waals surface area contributed by atoms with E-state index >= 15 is 0 Å². The van der Waals surface area contributed by atoms with Crippen molar-refractivity contribution in [2.24, 2.45) is 0 Å². The second-order valence-electron chi connectivity index (χ2n) is 3.66. The van der Waals surface area contributed by atoms with Crippen LogP contribution in [0.25, 0.3) is 0 Å². The molecule has 0 radical (unpaired) electrons. The number of methoxy groups -OCH3 is 1. The summed E-state index contributed by atoms with van der Waals surface area (Å²) in [4.78, 5) is 11.8. The van der Waals surface area contributed by atoms with Crippen molar-refractivity contribution in [3.63, 3.8) is 0 Å². The van der Waals surface area contributed by atoms with Gasteiger partial charge in [0.15, 0.2) is 6.61 Å². The maximum atomic E-state index is 13.0. The van der Waals surface area contributed by atoms with Crippen LogP contribution in [-0.4, -0.2) is 37.9 Å². The van der Waals surface area contributed by atoms with E-state index in [1.165, 1.54) is 13.2 Å². The number of hydrogen-bond acceptors (Lipinski definition) is 5. The molecule has 1 rings (SSSR count). The molecule has 0 aliphatic carbocycles. The van der Waals surface area contributed by atoms with Crippen molar-refractivity contribution in [2.45, 2.75) is 5.25 Å². The van der Waals surface area contributed by atoms with Crippen molar-refractivity contribution < 1.29 is 36.0 Å². The zero-order valence-corrected chi connectivity index (χ0v) is 15.4. The van der Waals surface area contributed by atoms with Crippen LogP contribution in [0.1, 0.15) is 10.4 Å². The second-order valence-corrected chi connectivity index (χ2v) is 7.61. The highest BCUT2D eigenvalue weighted by molar-refractivity contribution is 14.1. The lowest BCUT2D eigenvalue weighted by atomic mass is 10.2. The number of alkyl halides is 2. The van der Waals surface area contributed by atoms with Gasteiger partial charge in [0, 0.05) is 3.57 Å². The van der Waals surface area contributed by atoms with Gasteiger partial charge in [0.05, 0.1) is 10.7 Å². The van der Waals surface area contributed by atoms with E-state index in [0.717, 1.165) is 0 Å². The molecule has 21 heavy (non-hydrogen) atoms. The normalized spacial score (nSPS) is 12.1. The van der Waals surface area contributed by atoms with Gasteiger partial charge in [0.1, 0.15) is 11.3 Å². The number of halogens is 4. The minimum absolute atomic E-state index is 0.121. The number of ether oxygens (including phenoxy) is 2. The average Bonchev–Trinajstić information content (AvgIpc) is 2.33. The summed E-state index contributed by atoms with van der Waals surface area (Å²) in [7, 11) is -4.37. The van der Waals surface area contributed by atoms with Crippen molar-refractivity contribution in [3.8, 4) is 5.75 Å². The second kappa shape index (κ2) is 6.87. The Bertz CT molecular complexity index is 662. The Morgan fingerprint density at radius 2 is 1.95 bits per heavy atom. The van der Waals surface area contributed by atoms with Gasteiger partial charge < -0.3 is 9.47 Å². The molecule has 0 aliphatic rings. The molecule has 0 atom stereocenters. The van der Waals surface area contributed by atoms with Gasteiger partial charge in [0.25, 0.3) is 0 Å². The minimum atomic E-state index is -5.66. The first-order chi connectivity index (χ1) is 9.49. The first-order valence-electron chi connectivity index (χ1n) is 5.04. The average molecular weight is 548 g/mol. The fraction of sp³-hybridized carbons (Fsp3) is 0.300. The van der Waals surface area contributed by atoms with Crippen LogP contribution in [0.4, 0.5) is 8.78 Å². The Hall–Kier alpha value is -0.280. The number of carbonyl (C=O) groups excluding carboxylic acids is 1. The molecule has 118 valence electrons. The van der Waals surface area contributed by atoms with Crippen molar-refractivity contribution >= 4 is 61.3 Å². The molecule has 0 fully saturated rings. The third-order valence-corrected chi connectivity index (χ3v) is 4.48. The zero-order chi connectivity index (χ0) is 16.4. The molecule has 0 aromatic heterocycles. The predicted octanol–water partition coefficient (Wildman–Crippen LogP) is 2.54. The van der Waals surface area contributed by atoms with Gasteiger partial charge in [-0.05, 0) is 57.3 Å². The fourth-order valence-electron chi connectivity index (χ4n) is 1.22. The van der Waals surface area contributed by atoms with Crippen molar-refractivity contribution in [1.82, 2.24) is 0 Å². The maximum absolute atomic E-state index is 13.0. The molecule has 1 aromatic carbocycles. The molecule has 0 spiro atoms. The van der Waals surface area contributed by atoms with Crippen molar-refractivity contribution in [2.75, 3.05) is 13.7 Å². The predicted molar refractivity (Wildman–Crippen MR) is 85.2 cm³/mol. The molecule has 0 heterocycles. The number of rotatable bonds is 5. The van der Waals surface area contributed by atoms with Crippen molar-refractivity contribution in [1.29, 1.82) is 0 Å². The van der Waals surface area contributed by atoms with E-state index in [1.54, 1.807) is 6.07 Å². The standard InChI is InChI=1S/C10H8F2I2O6S/c1-19-8-6(2-5(13)3-7(8)14)9(15)20-4-10(11,12)21(16,17)18/h2-3H,4H2,1H3,(H,16,17,18). The number of carbonyl (C=O) groups is 1. The summed E-state index contributed by atoms with van der Waals surface area (Å²) >= 11 is 3.78. The van der Waals surface area contributed by atoms with Gasteiger partial charge >= 0.3 is 21.3 Å². The van der Waals surface area contributed by atoms with Gasteiger partial charge in [-0.25, -0.2) is 4.79 Å². The molecule has 6 nitrogen and oxygen atoms in total. The Labute approximate surface area is 146 Å². The Kier molecular flexibility index (Phi) is 6.14. The van der Waals surface area contributed by atoms with E-state index in [9.17, 15) is 22.0 Å². The number of esters is 1. The lowest BCUT2D eigenvalue weighted by molar-refractivity contribution is -0.00969. The van der Waals surface area contributed by atoms with E-state index < -0.39 is 27.9 Å². The van der Waals surface area contributed by atoms with Gasteiger partial charge in [0.2, 0.25) is 0 Å². The van der Waals surface area contributed by atoms with Crippen LogP contribution >= 0.6 is 45.2 Å². The van der Waals surface area contributed by atoms with E-state index in [4.69, 9.17) is 9.29 Å². The first kappa shape index (κ1) is 18.8. The SMILES string of the molecule is COc1c(I)cc(I)cc1C(=O)OCC(F)(F)S(=O)(=O)O. The van der Waals surface area contributed by atoms with E-state index in [0.29, 0.717) is 7.14 Å². The molecule has 0 saturated carbocycles. The molecule has 0 bridgehead atoms. The lowest BCUT2D eigenvalue weighted by Crippen LogP contribution is -2.34. The quantitative estimate of drug-likeness (QED) is 0.346. The Morgan fingerprint density at radius 3 is 2.43 bits per heavy atom. The Balaban J connectivity index is 3.01. The highest BCUT2D eigenvalue weighted by atomic mass is 127. The van der Waals surface area contributed by atoms with Gasteiger partial charge in [-0.2, -0.15) is 17.2 Å². The van der Waals surface area contributed by atoms with E-state index in [1.807, 2.05) is 45.2 Å². The molecule has 11 heteroatoms. The fourth-order valence-corrected chi connectivity index (χ4v) is 3.49. The zero-order valence-electron chi connectivity index (χ0n) is 10.3. The van der Waals surface area contributed by atoms with Crippen LogP contribution in [0.5, 0.6) is 5.75 Å². The van der Waals surface area contributed by atoms with Crippen LogP contribution in [0.3, 0.4) is 0 Å². The van der Waals surface area contributed by atoms with Crippen LogP contribution in [0.15, 0.2) is 12.1 Å². The van der Waals surface area contributed by atoms with E-state index in [2.05, 4.69) is 4.74 Å². The third-order valence-electron chi connectivity index (χ3n) is 2.18. The monoisotopic (exact) mass is 548 g/mol. The molecule has 1 N–H and O–H groups in total. The summed E-state index contributed by atoms with van der Waals surface area (Å²) in [5.74, 6) is -1.07. The summed E-state index contributed by atoms with van der Waals surface area (Å²) < 4.78 is 65.6. The summed E-state index contributed by atoms with van der Waals surface area (Å²) in [5, 5.41) is -4.58. The Morgan fingerprint density at radius 1 is 1.38 bits per heavy atom. The highest BCUT2D eigenvalue weighted by Gasteiger charge is 2.45. The molecule has 0 amide bonds. The summed E-state index contributed by atoms with van der Waals surface area (Å²) in [5.41, 5.74) is -0.125. The maximum Gasteiger partial charge on any atom is 0.402 e. The van der Waals surface area contributed by atoms with Crippen LogP contribution in [-0.2, 0) is 14.9 Å². The lowest BCUT2D eigenvalue weighted by Gasteiger charge is -2.14. The van der Waals surface area contributed by atoms with Crippen molar-refractivity contribution in [3.05, 3.63) is 24.8 Å². The summed E-state index contributed by atoms with van der Waals surface area (Å²) in [6.07, 6.45) is 0. The first-order valence-corrected chi connectivity index (χ1v) is 8.64. The summed E-state index contributed by atoms with van der Waals surface area (Å²) in [6, 6.07) is 3.03. The molecular weight excluding hydrogens is 540 g/mol. The smallest absolute Gasteiger partial charge is 0.402 e. The van der Waals surface area contributed by atoms with Crippen LogP contribution < -0.4 is 4.74 Å². The van der Waals surface area contributed by atoms with Gasteiger partial charge in [-0.1, -0.05) is 0 Å². The van der Waals surface area contributed by atoms with Crippen LogP contribution in [0.2, 0.25) is 0 Å². The minimum Gasteiger partial charge on any atom is -0.495 e. The molecular formula is C10H8F2I2O6S. The molecule has 0 saturated heterocycles. The molecule has 0 unspecified atom stereocenters.